The molecule has 2 aromatic rings. The van der Waals surface area contributed by atoms with Gasteiger partial charge < -0.3 is 15.1 Å². The van der Waals surface area contributed by atoms with Gasteiger partial charge in [-0.15, -0.1) is 0 Å². The number of carbonyl (C=O) groups excluding carboxylic acids is 3. The lowest BCUT2D eigenvalue weighted by Gasteiger charge is -2.29. The number of benzene rings is 2. The molecular weight excluding hydrogens is 463 g/mol. The van der Waals surface area contributed by atoms with Gasteiger partial charge in [-0.25, -0.2) is 8.78 Å². The molecule has 1 heterocycles. The second-order valence-electron chi connectivity index (χ2n) is 7.28. The maximum Gasteiger partial charge on any atom is 0.254 e. The molecular formula is C22H21Cl2F2N3O3. The average molecular weight is 484 g/mol. The number of para-hydroxylation sites is 1. The van der Waals surface area contributed by atoms with Crippen molar-refractivity contribution in [2.75, 3.05) is 25.0 Å². The first-order chi connectivity index (χ1) is 15.2. The van der Waals surface area contributed by atoms with Crippen LogP contribution in [0.25, 0.3) is 0 Å². The molecule has 6 nitrogen and oxygen atoms in total. The number of nitrogens with zero attached hydrogens (tertiary/aromatic N) is 2. The number of likely N-dealkylation sites (tertiary alicyclic amines) is 1. The molecule has 32 heavy (non-hydrogen) atoms. The van der Waals surface area contributed by atoms with E-state index in [1.54, 1.807) is 6.92 Å². The summed E-state index contributed by atoms with van der Waals surface area (Å²) in [5.74, 6) is -3.36. The highest BCUT2D eigenvalue weighted by molar-refractivity contribution is 6.42. The third-order valence-electron chi connectivity index (χ3n) is 5.22. The third-order valence-corrected chi connectivity index (χ3v) is 5.96. The molecule has 1 aliphatic heterocycles. The summed E-state index contributed by atoms with van der Waals surface area (Å²) in [6, 6.07) is 6.95. The van der Waals surface area contributed by atoms with Crippen LogP contribution in [0.15, 0.2) is 36.4 Å². The second-order valence-corrected chi connectivity index (χ2v) is 8.10. The van der Waals surface area contributed by atoms with Crippen molar-refractivity contribution in [3.8, 4) is 0 Å². The zero-order valence-electron chi connectivity index (χ0n) is 17.2. The van der Waals surface area contributed by atoms with Gasteiger partial charge in [0.05, 0.1) is 16.6 Å². The largest absolute Gasteiger partial charge is 0.332 e. The first-order valence-electron chi connectivity index (χ1n) is 10.0. The monoisotopic (exact) mass is 483 g/mol. The number of amides is 3. The summed E-state index contributed by atoms with van der Waals surface area (Å²) in [6.45, 7) is 1.82. The van der Waals surface area contributed by atoms with Crippen LogP contribution in [0, 0.1) is 11.6 Å². The number of rotatable bonds is 6. The molecule has 2 aromatic carbocycles. The molecule has 10 heteroatoms. The minimum atomic E-state index is -0.915. The second kappa shape index (κ2) is 10.3. The number of hydrogen-bond acceptors (Lipinski definition) is 3. The maximum absolute atomic E-state index is 13.8. The molecule has 3 rings (SSSR count). The highest BCUT2D eigenvalue weighted by atomic mass is 35.5. The van der Waals surface area contributed by atoms with E-state index in [0.717, 1.165) is 12.1 Å². The number of nitrogens with one attached hydrogen (secondary N) is 1. The SMILES string of the molecule is CCN(CC(=O)Nc1c(F)cccc1F)C(=O)C1CCCN1C(=O)c1ccc(Cl)c(Cl)c1. The van der Waals surface area contributed by atoms with E-state index >= 15 is 0 Å². The molecule has 1 N–H and O–H groups in total. The van der Waals surface area contributed by atoms with Crippen LogP contribution in [0.1, 0.15) is 30.1 Å². The number of halogens is 4. The number of likely N-dealkylation sites (N-methyl/N-ethyl adjacent to an activating group) is 1. The maximum atomic E-state index is 13.8. The molecule has 0 radical (unpaired) electrons. The lowest BCUT2D eigenvalue weighted by molar-refractivity contribution is -0.137. The molecule has 1 atom stereocenters. The van der Waals surface area contributed by atoms with Crippen LogP contribution in [0.2, 0.25) is 10.0 Å². The predicted octanol–water partition coefficient (Wildman–Crippen LogP) is 4.36. The van der Waals surface area contributed by atoms with Crippen molar-refractivity contribution in [3.05, 3.63) is 63.6 Å². The van der Waals surface area contributed by atoms with Gasteiger partial charge >= 0.3 is 0 Å². The van der Waals surface area contributed by atoms with Crippen molar-refractivity contribution >= 4 is 46.6 Å². The topological polar surface area (TPSA) is 69.7 Å². The Balaban J connectivity index is 1.71. The van der Waals surface area contributed by atoms with Crippen molar-refractivity contribution in [1.29, 1.82) is 0 Å². The van der Waals surface area contributed by atoms with Crippen LogP contribution in [-0.4, -0.2) is 53.2 Å². The Morgan fingerprint density at radius 2 is 1.81 bits per heavy atom. The summed E-state index contributed by atoms with van der Waals surface area (Å²) < 4.78 is 27.6. The quantitative estimate of drug-likeness (QED) is 0.663. The molecule has 1 saturated heterocycles. The summed E-state index contributed by atoms with van der Waals surface area (Å²) in [4.78, 5) is 41.1. The predicted molar refractivity (Wildman–Crippen MR) is 118 cm³/mol. The third kappa shape index (κ3) is 5.19. The number of anilines is 1. The fourth-order valence-electron chi connectivity index (χ4n) is 3.59. The van der Waals surface area contributed by atoms with Gasteiger partial charge in [0, 0.05) is 18.7 Å². The van der Waals surface area contributed by atoms with Gasteiger partial charge in [0.1, 0.15) is 23.4 Å². The Labute approximate surface area is 194 Å². The van der Waals surface area contributed by atoms with Crippen LogP contribution in [-0.2, 0) is 9.59 Å². The molecule has 1 unspecified atom stereocenters. The Hall–Kier alpha value is -2.71. The zero-order chi connectivity index (χ0) is 23.4. The Bertz CT molecular complexity index is 1030. The van der Waals surface area contributed by atoms with Gasteiger partial charge in [-0.1, -0.05) is 29.3 Å². The standard InChI is InChI=1S/C22H21Cl2F2N3O3/c1-2-28(12-19(30)27-20-16(25)5-3-6-17(20)26)22(32)18-7-4-10-29(18)21(31)13-8-9-14(23)15(24)11-13/h3,5-6,8-9,11,18H,2,4,7,10,12H2,1H3,(H,27,30). The van der Waals surface area contributed by atoms with Crippen molar-refractivity contribution in [3.63, 3.8) is 0 Å². The Morgan fingerprint density at radius 3 is 2.44 bits per heavy atom. The fraction of sp³-hybridized carbons (Fsp3) is 0.318. The summed E-state index contributed by atoms with van der Waals surface area (Å²) >= 11 is 11.9. The summed E-state index contributed by atoms with van der Waals surface area (Å²) in [5, 5.41) is 2.71. The summed E-state index contributed by atoms with van der Waals surface area (Å²) in [6.07, 6.45) is 1.06. The van der Waals surface area contributed by atoms with Crippen LogP contribution in [0.4, 0.5) is 14.5 Å². The molecule has 0 saturated carbocycles. The molecule has 0 bridgehead atoms. The Morgan fingerprint density at radius 1 is 1.12 bits per heavy atom. The van der Waals surface area contributed by atoms with Crippen molar-refractivity contribution < 1.29 is 23.2 Å². The van der Waals surface area contributed by atoms with Gasteiger partial charge in [0.2, 0.25) is 11.8 Å². The van der Waals surface area contributed by atoms with Crippen molar-refractivity contribution in [2.24, 2.45) is 0 Å². The van der Waals surface area contributed by atoms with E-state index in [1.807, 2.05) is 0 Å². The minimum absolute atomic E-state index is 0.178. The van der Waals surface area contributed by atoms with Gasteiger partial charge in [-0.3, -0.25) is 14.4 Å². The van der Waals surface area contributed by atoms with Gasteiger partial charge in [0.25, 0.3) is 5.91 Å². The number of carbonyl (C=O) groups is 3. The lowest BCUT2D eigenvalue weighted by atomic mass is 10.1. The van der Waals surface area contributed by atoms with E-state index < -0.39 is 41.7 Å². The number of hydrogen-bond donors (Lipinski definition) is 1. The van der Waals surface area contributed by atoms with Gasteiger partial charge in [0.15, 0.2) is 0 Å². The van der Waals surface area contributed by atoms with Crippen LogP contribution < -0.4 is 5.32 Å². The highest BCUT2D eigenvalue weighted by Gasteiger charge is 2.37. The normalized spacial score (nSPS) is 15.5. The van der Waals surface area contributed by atoms with Gasteiger partial charge in [-0.2, -0.15) is 0 Å². The first-order valence-corrected chi connectivity index (χ1v) is 10.8. The highest BCUT2D eigenvalue weighted by Crippen LogP contribution is 2.26. The van der Waals surface area contributed by atoms with Crippen molar-refractivity contribution in [1.82, 2.24) is 9.80 Å². The molecule has 3 amide bonds. The molecule has 1 fully saturated rings. The zero-order valence-corrected chi connectivity index (χ0v) is 18.7. The van der Waals surface area contributed by atoms with Crippen LogP contribution in [0.3, 0.4) is 0 Å². The smallest absolute Gasteiger partial charge is 0.254 e. The van der Waals surface area contributed by atoms with Gasteiger partial charge in [-0.05, 0) is 50.1 Å². The van der Waals surface area contributed by atoms with E-state index in [-0.39, 0.29) is 17.5 Å². The van der Waals surface area contributed by atoms with E-state index in [9.17, 15) is 23.2 Å². The summed E-state index contributed by atoms with van der Waals surface area (Å²) in [5.41, 5.74) is -0.270. The van der Waals surface area contributed by atoms with Crippen LogP contribution >= 0.6 is 23.2 Å². The minimum Gasteiger partial charge on any atom is -0.332 e. The summed E-state index contributed by atoms with van der Waals surface area (Å²) in [7, 11) is 0. The molecule has 0 spiro atoms. The molecule has 0 aromatic heterocycles. The Kier molecular flexibility index (Phi) is 7.69. The van der Waals surface area contributed by atoms with E-state index in [1.165, 1.54) is 34.1 Å². The van der Waals surface area contributed by atoms with E-state index in [0.29, 0.717) is 30.0 Å². The molecule has 170 valence electrons. The van der Waals surface area contributed by atoms with E-state index in [4.69, 9.17) is 23.2 Å². The average Bonchev–Trinajstić information content (AvgIpc) is 3.25. The lowest BCUT2D eigenvalue weighted by Crippen LogP contribution is -2.49. The fourth-order valence-corrected chi connectivity index (χ4v) is 3.89. The molecule has 0 aliphatic carbocycles. The first kappa shape index (κ1) is 23.9. The molecule has 1 aliphatic rings. The van der Waals surface area contributed by atoms with E-state index in [2.05, 4.69) is 5.32 Å². The van der Waals surface area contributed by atoms with Crippen molar-refractivity contribution in [2.45, 2.75) is 25.8 Å². The van der Waals surface area contributed by atoms with Crippen LogP contribution in [0.5, 0.6) is 0 Å².